The van der Waals surface area contributed by atoms with Crippen LogP contribution in [0.2, 0.25) is 0 Å². The van der Waals surface area contributed by atoms with Crippen LogP contribution in [-0.4, -0.2) is 77.6 Å². The molecule has 1 spiro atoms. The van der Waals surface area contributed by atoms with E-state index in [-0.39, 0.29) is 29.7 Å². The molecule has 4 aliphatic rings. The van der Waals surface area contributed by atoms with Crippen molar-refractivity contribution in [1.29, 1.82) is 0 Å². The van der Waals surface area contributed by atoms with Gasteiger partial charge in [0.2, 0.25) is 11.8 Å². The number of piperidine rings is 1. The number of pyridine rings is 2. The first-order valence-electron chi connectivity index (χ1n) is 15.2. The second kappa shape index (κ2) is 11.6. The van der Waals surface area contributed by atoms with Crippen LogP contribution in [0.25, 0.3) is 6.08 Å². The van der Waals surface area contributed by atoms with Gasteiger partial charge in [0.15, 0.2) is 0 Å². The summed E-state index contributed by atoms with van der Waals surface area (Å²) < 4.78 is 11.6. The highest BCUT2D eigenvalue weighted by molar-refractivity contribution is 6.06. The summed E-state index contributed by atoms with van der Waals surface area (Å²) in [6.45, 7) is 4.04. The third-order valence-corrected chi connectivity index (χ3v) is 9.43. The number of ether oxygens (including phenoxy) is 2. The first kappa shape index (κ1) is 28.4. The third kappa shape index (κ3) is 5.07. The van der Waals surface area contributed by atoms with E-state index in [1.165, 1.54) is 0 Å². The first-order chi connectivity index (χ1) is 21.4. The number of amides is 3. The van der Waals surface area contributed by atoms with E-state index < -0.39 is 11.5 Å². The van der Waals surface area contributed by atoms with Gasteiger partial charge >= 0.3 is 0 Å². The van der Waals surface area contributed by atoms with Gasteiger partial charge in [0.05, 0.1) is 37.4 Å². The molecule has 0 saturated carbocycles. The number of nitrogens with one attached hydrogen (secondary N) is 2. The normalized spacial score (nSPS) is 27.7. The highest BCUT2D eigenvalue weighted by Gasteiger charge is 2.52. The van der Waals surface area contributed by atoms with Crippen molar-refractivity contribution in [3.63, 3.8) is 0 Å². The molecule has 4 atom stereocenters. The maximum Gasteiger partial charge on any atom is 0.253 e. The van der Waals surface area contributed by atoms with Gasteiger partial charge in [0.25, 0.3) is 5.91 Å². The fraction of sp³-hybridized carbons (Fsp3) is 0.382. The average Bonchev–Trinajstić information content (AvgIpc) is 3.55. The summed E-state index contributed by atoms with van der Waals surface area (Å²) in [5, 5.41) is 5.97. The Morgan fingerprint density at radius 1 is 0.977 bits per heavy atom. The van der Waals surface area contributed by atoms with Gasteiger partial charge in [-0.1, -0.05) is 42.5 Å². The Morgan fingerprint density at radius 2 is 1.82 bits per heavy atom. The maximum atomic E-state index is 13.8. The van der Waals surface area contributed by atoms with Gasteiger partial charge in [-0.3, -0.25) is 19.4 Å². The lowest BCUT2D eigenvalue weighted by atomic mass is 9.79. The summed E-state index contributed by atoms with van der Waals surface area (Å²) in [6, 6.07) is 13.1. The van der Waals surface area contributed by atoms with Crippen LogP contribution in [0.1, 0.15) is 57.6 Å². The van der Waals surface area contributed by atoms with E-state index in [0.29, 0.717) is 63.6 Å². The number of benzene rings is 1. The van der Waals surface area contributed by atoms with Gasteiger partial charge in [0, 0.05) is 48.6 Å². The molecule has 1 aromatic carbocycles. The predicted molar refractivity (Wildman–Crippen MR) is 163 cm³/mol. The molecule has 1 fully saturated rings. The van der Waals surface area contributed by atoms with Crippen molar-refractivity contribution in [2.45, 2.75) is 49.6 Å². The molecule has 44 heavy (non-hydrogen) atoms. The predicted octanol–water partition coefficient (Wildman–Crippen LogP) is 3.03. The number of rotatable bonds is 1. The fourth-order valence-corrected chi connectivity index (χ4v) is 7.06. The molecule has 226 valence electrons. The topological polar surface area (TPSA) is 123 Å². The number of carbonyl (C=O) groups is 3. The van der Waals surface area contributed by atoms with Crippen LogP contribution in [0.5, 0.6) is 0 Å². The minimum absolute atomic E-state index is 0.0392. The zero-order chi connectivity index (χ0) is 30.3. The molecule has 2 aromatic heterocycles. The first-order valence-corrected chi connectivity index (χ1v) is 15.2. The van der Waals surface area contributed by atoms with Crippen molar-refractivity contribution < 1.29 is 23.9 Å². The number of nitrogens with zero attached hydrogens (tertiary/aromatic N) is 3. The number of hydrogen-bond acceptors (Lipinski definition) is 7. The minimum atomic E-state index is -0.833. The number of hydrogen-bond donors (Lipinski definition) is 2. The third-order valence-electron chi connectivity index (χ3n) is 9.43. The SMILES string of the molecule is CC1C(c2ccccc2)CC2NC(=O)c3cnc4c(c3)C[C@@]3(C4)C(=O)Nc4ncc(cc43)/C=C\COCCOCCN1C2=O. The van der Waals surface area contributed by atoms with Crippen molar-refractivity contribution in [2.75, 3.05) is 38.3 Å². The zero-order valence-electron chi connectivity index (χ0n) is 24.6. The number of anilines is 1. The maximum absolute atomic E-state index is 13.8. The van der Waals surface area contributed by atoms with Crippen LogP contribution in [0.15, 0.2) is 60.9 Å². The number of fused-ring (bicyclic) bond motifs is 4. The largest absolute Gasteiger partial charge is 0.377 e. The van der Waals surface area contributed by atoms with E-state index in [2.05, 4.69) is 39.7 Å². The molecule has 1 saturated heterocycles. The number of carbonyl (C=O) groups excluding carboxylic acids is 3. The molecule has 7 bridgehead atoms. The molecule has 3 amide bonds. The second-order valence-electron chi connectivity index (χ2n) is 12.0. The van der Waals surface area contributed by atoms with Crippen molar-refractivity contribution in [3.05, 3.63) is 94.4 Å². The van der Waals surface area contributed by atoms with Crippen molar-refractivity contribution in [2.24, 2.45) is 0 Å². The van der Waals surface area contributed by atoms with Gasteiger partial charge in [-0.2, -0.15) is 0 Å². The average molecular weight is 594 g/mol. The smallest absolute Gasteiger partial charge is 0.253 e. The molecule has 10 nitrogen and oxygen atoms in total. The molecular formula is C34H35N5O5. The van der Waals surface area contributed by atoms with Crippen molar-refractivity contribution >= 4 is 29.6 Å². The van der Waals surface area contributed by atoms with Gasteiger partial charge < -0.3 is 25.0 Å². The van der Waals surface area contributed by atoms with Crippen LogP contribution in [0.3, 0.4) is 0 Å². The summed E-state index contributed by atoms with van der Waals surface area (Å²) >= 11 is 0. The summed E-state index contributed by atoms with van der Waals surface area (Å²) in [6.07, 6.45) is 8.45. The Bertz CT molecular complexity index is 1640. The van der Waals surface area contributed by atoms with Gasteiger partial charge in [-0.25, -0.2) is 4.98 Å². The molecule has 0 radical (unpaired) electrons. The van der Waals surface area contributed by atoms with Gasteiger partial charge in [-0.05, 0) is 48.6 Å². The van der Waals surface area contributed by atoms with Crippen LogP contribution < -0.4 is 10.6 Å². The summed E-state index contributed by atoms with van der Waals surface area (Å²) in [5.41, 5.74) is 4.00. The Hall–Kier alpha value is -4.41. The monoisotopic (exact) mass is 593 g/mol. The Balaban J connectivity index is 1.21. The highest BCUT2D eigenvalue weighted by atomic mass is 16.5. The molecule has 7 rings (SSSR count). The lowest BCUT2D eigenvalue weighted by Gasteiger charge is -2.43. The van der Waals surface area contributed by atoms with E-state index in [1.807, 2.05) is 47.4 Å². The molecule has 1 aliphatic carbocycles. The van der Waals surface area contributed by atoms with Crippen LogP contribution in [-0.2, 0) is 37.3 Å². The highest BCUT2D eigenvalue weighted by Crippen LogP contribution is 2.46. The molecule has 5 heterocycles. The second-order valence-corrected chi connectivity index (χ2v) is 12.0. The molecule has 3 aliphatic heterocycles. The molecule has 2 N–H and O–H groups in total. The fourth-order valence-electron chi connectivity index (χ4n) is 7.06. The standard InChI is InChI=1S/C34H35N5O5/c1-21-26(23-7-3-2-4-8-23)16-28-32(41)39(21)9-11-44-13-12-43-10-5-6-22-14-27-30(36-19-22)38-33(42)34(27)17-24-15-25(31(40)37-28)20-35-29(24)18-34/h2-8,14-15,19-21,26,28H,9-13,16-18H2,1H3,(H,37,40)(H,36,38,42)/b6-5-/t21?,26?,28?,34-/m0/s1. The van der Waals surface area contributed by atoms with Gasteiger partial charge in [-0.15, -0.1) is 0 Å². The van der Waals surface area contributed by atoms with E-state index in [9.17, 15) is 14.4 Å². The molecular weight excluding hydrogens is 558 g/mol. The lowest BCUT2D eigenvalue weighted by molar-refractivity contribution is -0.140. The Morgan fingerprint density at radius 3 is 2.68 bits per heavy atom. The van der Waals surface area contributed by atoms with Crippen molar-refractivity contribution in [1.82, 2.24) is 20.2 Å². The number of aromatic nitrogens is 2. The van der Waals surface area contributed by atoms with Gasteiger partial charge in [0.1, 0.15) is 11.9 Å². The minimum Gasteiger partial charge on any atom is -0.377 e. The van der Waals surface area contributed by atoms with Crippen LogP contribution in [0, 0.1) is 0 Å². The Kier molecular flexibility index (Phi) is 7.47. The van der Waals surface area contributed by atoms with E-state index >= 15 is 0 Å². The van der Waals surface area contributed by atoms with Crippen molar-refractivity contribution in [3.8, 4) is 0 Å². The molecule has 3 aromatic rings. The summed E-state index contributed by atoms with van der Waals surface area (Å²) in [7, 11) is 0. The lowest BCUT2D eigenvalue weighted by Crippen LogP contribution is -2.58. The van der Waals surface area contributed by atoms with E-state index in [0.717, 1.165) is 27.9 Å². The van der Waals surface area contributed by atoms with Crippen LogP contribution in [0.4, 0.5) is 5.82 Å². The van der Waals surface area contributed by atoms with E-state index in [1.54, 1.807) is 12.4 Å². The zero-order valence-corrected chi connectivity index (χ0v) is 24.6. The van der Waals surface area contributed by atoms with Crippen LogP contribution >= 0.6 is 0 Å². The van der Waals surface area contributed by atoms with E-state index in [4.69, 9.17) is 9.47 Å². The summed E-state index contributed by atoms with van der Waals surface area (Å²) in [4.78, 5) is 51.7. The molecule has 10 heteroatoms. The quantitative estimate of drug-likeness (QED) is 0.445. The Labute approximate surface area is 255 Å². The molecule has 3 unspecified atom stereocenters. The summed E-state index contributed by atoms with van der Waals surface area (Å²) in [5.74, 6) is 0.000124.